The lowest BCUT2D eigenvalue weighted by molar-refractivity contribution is -0.148. The summed E-state index contributed by atoms with van der Waals surface area (Å²) in [5.41, 5.74) is 0. The van der Waals surface area contributed by atoms with Gasteiger partial charge in [0.05, 0.1) is 13.2 Å². The van der Waals surface area contributed by atoms with Crippen LogP contribution in [0.1, 0.15) is 20.3 Å². The molecular weight excluding hydrogens is 255 g/mol. The topological polar surface area (TPSA) is 38.3 Å². The number of esters is 1. The first-order valence-electron chi connectivity index (χ1n) is 5.45. The first kappa shape index (κ1) is 16.6. The van der Waals surface area contributed by atoms with Gasteiger partial charge in [-0.05, 0) is 24.9 Å². The maximum absolute atomic E-state index is 12.0. The van der Waals surface area contributed by atoms with Gasteiger partial charge in [0, 0.05) is 0 Å². The minimum Gasteiger partial charge on any atom is -0.465 e. The number of halogens is 3. The van der Waals surface area contributed by atoms with Gasteiger partial charge in [0.15, 0.2) is 0 Å². The molecule has 1 N–H and O–H groups in total. The summed E-state index contributed by atoms with van der Waals surface area (Å²) in [6, 6.07) is -0.879. The molecule has 0 saturated carbocycles. The van der Waals surface area contributed by atoms with Crippen molar-refractivity contribution in [3.05, 3.63) is 0 Å². The SMILES string of the molecule is CCOC(=O)C(CCSCC)NCC(F)(F)F. The van der Waals surface area contributed by atoms with Gasteiger partial charge < -0.3 is 4.74 Å². The quantitative estimate of drug-likeness (QED) is 0.543. The van der Waals surface area contributed by atoms with Gasteiger partial charge in [0.25, 0.3) is 0 Å². The lowest BCUT2D eigenvalue weighted by Gasteiger charge is -2.18. The number of rotatable bonds is 8. The summed E-state index contributed by atoms with van der Waals surface area (Å²) in [6.07, 6.45) is -3.98. The zero-order valence-corrected chi connectivity index (χ0v) is 10.8. The predicted octanol–water partition coefficient (Wildman–Crippen LogP) is 2.21. The molecule has 7 heteroatoms. The first-order valence-corrected chi connectivity index (χ1v) is 6.60. The van der Waals surface area contributed by atoms with Crippen LogP contribution in [0.25, 0.3) is 0 Å². The molecule has 0 aromatic carbocycles. The van der Waals surface area contributed by atoms with Crippen LogP contribution in [0.5, 0.6) is 0 Å². The summed E-state index contributed by atoms with van der Waals surface area (Å²) < 4.78 is 40.8. The third-order valence-electron chi connectivity index (χ3n) is 1.88. The number of carbonyl (C=O) groups excluding carboxylic acids is 1. The largest absolute Gasteiger partial charge is 0.465 e. The van der Waals surface area contributed by atoms with Crippen LogP contribution < -0.4 is 5.32 Å². The number of thioether (sulfide) groups is 1. The second-order valence-corrected chi connectivity index (χ2v) is 4.68. The molecule has 17 heavy (non-hydrogen) atoms. The van der Waals surface area contributed by atoms with Crippen LogP contribution in [0.15, 0.2) is 0 Å². The summed E-state index contributed by atoms with van der Waals surface area (Å²) >= 11 is 1.58. The highest BCUT2D eigenvalue weighted by Crippen LogP contribution is 2.14. The van der Waals surface area contributed by atoms with E-state index < -0.39 is 24.7 Å². The van der Waals surface area contributed by atoms with E-state index in [1.165, 1.54) is 0 Å². The molecule has 0 aliphatic rings. The lowest BCUT2D eigenvalue weighted by atomic mass is 10.2. The number of nitrogens with one attached hydrogen (secondary N) is 1. The Morgan fingerprint density at radius 1 is 1.41 bits per heavy atom. The molecule has 0 aliphatic heterocycles. The van der Waals surface area contributed by atoms with Crippen LogP contribution in [-0.2, 0) is 9.53 Å². The molecule has 1 atom stereocenters. The van der Waals surface area contributed by atoms with E-state index in [1.54, 1.807) is 18.7 Å². The fourth-order valence-corrected chi connectivity index (χ4v) is 1.82. The van der Waals surface area contributed by atoms with E-state index in [2.05, 4.69) is 5.32 Å². The Balaban J connectivity index is 4.14. The number of carbonyl (C=O) groups is 1. The number of alkyl halides is 3. The van der Waals surface area contributed by atoms with Gasteiger partial charge in [-0.2, -0.15) is 24.9 Å². The van der Waals surface area contributed by atoms with E-state index >= 15 is 0 Å². The van der Waals surface area contributed by atoms with Crippen molar-refractivity contribution in [3.63, 3.8) is 0 Å². The van der Waals surface area contributed by atoms with Gasteiger partial charge in [-0.3, -0.25) is 10.1 Å². The molecule has 0 rings (SSSR count). The average Bonchev–Trinajstić information content (AvgIpc) is 2.22. The van der Waals surface area contributed by atoms with Crippen LogP contribution in [-0.4, -0.2) is 42.8 Å². The van der Waals surface area contributed by atoms with Crippen molar-refractivity contribution >= 4 is 17.7 Å². The second-order valence-electron chi connectivity index (χ2n) is 3.29. The summed E-state index contributed by atoms with van der Waals surface area (Å²) in [5.74, 6) is 0.882. The van der Waals surface area contributed by atoms with E-state index in [1.807, 2.05) is 6.92 Å². The van der Waals surface area contributed by atoms with Gasteiger partial charge >= 0.3 is 12.1 Å². The normalized spacial score (nSPS) is 13.5. The van der Waals surface area contributed by atoms with E-state index in [9.17, 15) is 18.0 Å². The van der Waals surface area contributed by atoms with Crippen molar-refractivity contribution in [2.45, 2.75) is 32.5 Å². The fraction of sp³-hybridized carbons (Fsp3) is 0.900. The lowest BCUT2D eigenvalue weighted by Crippen LogP contribution is -2.43. The van der Waals surface area contributed by atoms with E-state index in [0.717, 1.165) is 5.75 Å². The van der Waals surface area contributed by atoms with Crippen molar-refractivity contribution in [3.8, 4) is 0 Å². The van der Waals surface area contributed by atoms with Crippen LogP contribution in [0.2, 0.25) is 0 Å². The summed E-state index contributed by atoms with van der Waals surface area (Å²) in [7, 11) is 0. The molecule has 102 valence electrons. The van der Waals surface area contributed by atoms with Crippen LogP contribution in [0.4, 0.5) is 13.2 Å². The van der Waals surface area contributed by atoms with Crippen LogP contribution >= 0.6 is 11.8 Å². The zero-order valence-electron chi connectivity index (χ0n) is 9.97. The first-order chi connectivity index (χ1) is 7.90. The summed E-state index contributed by atoms with van der Waals surface area (Å²) in [6.45, 7) is 2.57. The molecule has 0 heterocycles. The fourth-order valence-electron chi connectivity index (χ4n) is 1.13. The molecule has 0 aromatic heterocycles. The van der Waals surface area contributed by atoms with Crippen molar-refractivity contribution in [1.29, 1.82) is 0 Å². The van der Waals surface area contributed by atoms with Gasteiger partial charge in [-0.15, -0.1) is 0 Å². The molecule has 0 saturated heterocycles. The summed E-state index contributed by atoms with van der Waals surface area (Å²) in [5, 5.41) is 2.19. The standard InChI is InChI=1S/C10H18F3NO2S/c1-3-16-9(15)8(5-6-17-4-2)14-7-10(11,12)13/h8,14H,3-7H2,1-2H3. The number of hydrogen-bond donors (Lipinski definition) is 1. The molecule has 1 unspecified atom stereocenters. The molecule has 0 radical (unpaired) electrons. The molecule has 0 amide bonds. The molecule has 0 spiro atoms. The van der Waals surface area contributed by atoms with Crippen molar-refractivity contribution in [2.24, 2.45) is 0 Å². The van der Waals surface area contributed by atoms with Gasteiger partial charge in [0.2, 0.25) is 0 Å². The Labute approximate surface area is 103 Å². The maximum atomic E-state index is 12.0. The second kappa shape index (κ2) is 8.63. The van der Waals surface area contributed by atoms with E-state index in [-0.39, 0.29) is 6.61 Å². The Morgan fingerprint density at radius 2 is 2.06 bits per heavy atom. The zero-order chi connectivity index (χ0) is 13.3. The van der Waals surface area contributed by atoms with E-state index in [0.29, 0.717) is 12.2 Å². The highest BCUT2D eigenvalue weighted by atomic mass is 32.2. The molecule has 0 aromatic rings. The van der Waals surface area contributed by atoms with Crippen molar-refractivity contribution < 1.29 is 22.7 Å². The smallest absolute Gasteiger partial charge is 0.401 e. The Morgan fingerprint density at radius 3 is 2.53 bits per heavy atom. The minimum absolute atomic E-state index is 0.171. The van der Waals surface area contributed by atoms with Gasteiger partial charge in [0.1, 0.15) is 6.04 Å². The van der Waals surface area contributed by atoms with E-state index in [4.69, 9.17) is 4.74 Å². The van der Waals surface area contributed by atoms with Crippen molar-refractivity contribution in [2.75, 3.05) is 24.7 Å². The Bertz CT molecular complexity index is 224. The predicted molar refractivity (Wildman–Crippen MR) is 62.1 cm³/mol. The Hall–Kier alpha value is -0.430. The molecule has 3 nitrogen and oxygen atoms in total. The molecule has 0 bridgehead atoms. The van der Waals surface area contributed by atoms with Gasteiger partial charge in [-0.1, -0.05) is 6.92 Å². The average molecular weight is 273 g/mol. The Kier molecular flexibility index (Phi) is 8.41. The highest BCUT2D eigenvalue weighted by molar-refractivity contribution is 7.99. The molecule has 0 aliphatic carbocycles. The number of hydrogen-bond acceptors (Lipinski definition) is 4. The maximum Gasteiger partial charge on any atom is 0.401 e. The summed E-state index contributed by atoms with van der Waals surface area (Å²) in [4.78, 5) is 11.4. The van der Waals surface area contributed by atoms with Crippen molar-refractivity contribution in [1.82, 2.24) is 5.32 Å². The number of ether oxygens (including phenoxy) is 1. The van der Waals surface area contributed by atoms with Crippen LogP contribution in [0, 0.1) is 0 Å². The molecule has 0 fully saturated rings. The van der Waals surface area contributed by atoms with Crippen LogP contribution in [0.3, 0.4) is 0 Å². The third kappa shape index (κ3) is 9.29. The third-order valence-corrected chi connectivity index (χ3v) is 2.81. The van der Waals surface area contributed by atoms with Gasteiger partial charge in [-0.25, -0.2) is 0 Å². The molecular formula is C10H18F3NO2S. The minimum atomic E-state index is -4.32. The highest BCUT2D eigenvalue weighted by Gasteiger charge is 2.30. The monoisotopic (exact) mass is 273 g/mol.